The predicted octanol–water partition coefficient (Wildman–Crippen LogP) is 1.96. The van der Waals surface area contributed by atoms with Crippen molar-refractivity contribution in [3.05, 3.63) is 25.3 Å². The van der Waals surface area contributed by atoms with Crippen LogP contribution in [0.5, 0.6) is 0 Å². The molecule has 2 atom stereocenters. The lowest BCUT2D eigenvalue weighted by atomic mass is 10.0. The van der Waals surface area contributed by atoms with Crippen LogP contribution in [0.1, 0.15) is 13.8 Å². The molecule has 11 heavy (non-hydrogen) atoms. The van der Waals surface area contributed by atoms with E-state index in [0.717, 1.165) is 0 Å². The molecule has 1 aliphatic rings. The van der Waals surface area contributed by atoms with Gasteiger partial charge in [-0.2, -0.15) is 5.10 Å². The summed E-state index contributed by atoms with van der Waals surface area (Å²) in [6.45, 7) is 11.3. The van der Waals surface area contributed by atoms with Crippen molar-refractivity contribution >= 4 is 6.21 Å². The van der Waals surface area contributed by atoms with E-state index in [4.69, 9.17) is 0 Å². The van der Waals surface area contributed by atoms with Crippen LogP contribution in [-0.4, -0.2) is 12.3 Å². The Balaban J connectivity index is 0.000000461. The second-order valence-electron chi connectivity index (χ2n) is 1.98. The van der Waals surface area contributed by atoms with Crippen LogP contribution in [0.15, 0.2) is 30.4 Å². The fourth-order valence-corrected chi connectivity index (χ4v) is 0.811. The maximum atomic E-state index is 3.87. The van der Waals surface area contributed by atoms with Crippen LogP contribution in [0.2, 0.25) is 0 Å². The van der Waals surface area contributed by atoms with Crippen LogP contribution in [0.3, 0.4) is 0 Å². The van der Waals surface area contributed by atoms with Crippen LogP contribution in [0, 0.1) is 5.92 Å². The van der Waals surface area contributed by atoms with Crippen LogP contribution in [0.4, 0.5) is 0 Å². The summed E-state index contributed by atoms with van der Waals surface area (Å²) in [5, 5.41) is 3.87. The molecule has 1 aliphatic heterocycles. The number of nitrogens with one attached hydrogen (secondary N) is 1. The maximum Gasteiger partial charge on any atom is 0.0730 e. The Morgan fingerprint density at radius 1 is 1.36 bits per heavy atom. The van der Waals surface area contributed by atoms with Gasteiger partial charge >= 0.3 is 0 Å². The summed E-state index contributed by atoms with van der Waals surface area (Å²) in [7, 11) is 0. The van der Waals surface area contributed by atoms with Crippen molar-refractivity contribution in [1.29, 1.82) is 0 Å². The lowest BCUT2D eigenvalue weighted by Crippen LogP contribution is -2.22. The van der Waals surface area contributed by atoms with Gasteiger partial charge in [0.1, 0.15) is 0 Å². The molecule has 0 radical (unpaired) electrons. The number of rotatable bonds is 2. The zero-order valence-electron chi connectivity index (χ0n) is 7.25. The molecule has 0 spiro atoms. The number of hydrogen-bond donors (Lipinski definition) is 1. The fraction of sp³-hybridized carbons (Fsp3) is 0.444. The standard InChI is InChI=1S/C7H10N2.C2H6/c1-3-6-5-8-9-7(6)4-2;1-2/h3-7,9H,1-2H2;1-2H3. The topological polar surface area (TPSA) is 24.4 Å². The first-order valence-corrected chi connectivity index (χ1v) is 3.92. The molecule has 0 aliphatic carbocycles. The highest BCUT2D eigenvalue weighted by atomic mass is 15.3. The number of hydrazone groups is 1. The minimum absolute atomic E-state index is 0.252. The molecule has 0 aromatic rings. The van der Waals surface area contributed by atoms with Gasteiger partial charge in [0.15, 0.2) is 0 Å². The first kappa shape index (κ1) is 9.95. The summed E-state index contributed by atoms with van der Waals surface area (Å²) in [5.74, 6) is 0.322. The van der Waals surface area contributed by atoms with E-state index < -0.39 is 0 Å². The third kappa shape index (κ3) is 2.58. The maximum absolute atomic E-state index is 3.87. The SMILES string of the molecule is C=CC1C=NNC1C=C.CC. The van der Waals surface area contributed by atoms with Gasteiger partial charge in [-0.05, 0) is 0 Å². The highest BCUT2D eigenvalue weighted by Crippen LogP contribution is 2.07. The third-order valence-electron chi connectivity index (χ3n) is 1.41. The van der Waals surface area contributed by atoms with Crippen molar-refractivity contribution in [2.45, 2.75) is 19.9 Å². The van der Waals surface area contributed by atoms with Gasteiger partial charge in [-0.25, -0.2) is 0 Å². The van der Waals surface area contributed by atoms with Gasteiger partial charge < -0.3 is 5.43 Å². The van der Waals surface area contributed by atoms with Gasteiger partial charge in [0, 0.05) is 12.1 Å². The van der Waals surface area contributed by atoms with Crippen molar-refractivity contribution < 1.29 is 0 Å². The molecule has 62 valence electrons. The van der Waals surface area contributed by atoms with Crippen molar-refractivity contribution in [1.82, 2.24) is 5.43 Å². The van der Waals surface area contributed by atoms with Crippen molar-refractivity contribution in [2.75, 3.05) is 0 Å². The van der Waals surface area contributed by atoms with Crippen LogP contribution in [0.25, 0.3) is 0 Å². The minimum Gasteiger partial charge on any atom is -0.303 e. The normalized spacial score (nSPS) is 26.4. The van der Waals surface area contributed by atoms with Crippen LogP contribution >= 0.6 is 0 Å². The van der Waals surface area contributed by atoms with Crippen molar-refractivity contribution in [3.63, 3.8) is 0 Å². The molecular weight excluding hydrogens is 136 g/mol. The van der Waals surface area contributed by atoms with Gasteiger partial charge in [-0.1, -0.05) is 26.0 Å². The molecule has 0 fully saturated rings. The largest absolute Gasteiger partial charge is 0.303 e. The first-order valence-electron chi connectivity index (χ1n) is 3.92. The number of hydrogen-bond acceptors (Lipinski definition) is 2. The Kier molecular flexibility index (Phi) is 5.17. The van der Waals surface area contributed by atoms with E-state index in [0.29, 0.717) is 5.92 Å². The minimum atomic E-state index is 0.252. The molecule has 0 bridgehead atoms. The van der Waals surface area contributed by atoms with E-state index >= 15 is 0 Å². The molecule has 0 saturated carbocycles. The molecule has 1 rings (SSSR count). The van der Waals surface area contributed by atoms with E-state index in [1.54, 1.807) is 0 Å². The quantitative estimate of drug-likeness (QED) is 0.601. The summed E-state index contributed by atoms with van der Waals surface area (Å²) in [5.41, 5.74) is 2.89. The smallest absolute Gasteiger partial charge is 0.0730 e. The lowest BCUT2D eigenvalue weighted by molar-refractivity contribution is 0.629. The third-order valence-corrected chi connectivity index (χ3v) is 1.41. The van der Waals surface area contributed by atoms with E-state index in [1.165, 1.54) is 0 Å². The zero-order chi connectivity index (χ0) is 8.69. The van der Waals surface area contributed by atoms with Crippen molar-refractivity contribution in [3.8, 4) is 0 Å². The molecule has 1 heterocycles. The van der Waals surface area contributed by atoms with E-state index in [1.807, 2.05) is 32.2 Å². The predicted molar refractivity (Wildman–Crippen MR) is 50.6 cm³/mol. The highest BCUT2D eigenvalue weighted by molar-refractivity contribution is 5.66. The Morgan fingerprint density at radius 2 is 2.00 bits per heavy atom. The van der Waals surface area contributed by atoms with Gasteiger partial charge in [-0.3, -0.25) is 0 Å². The average Bonchev–Trinajstić information content (AvgIpc) is 2.54. The molecule has 0 saturated heterocycles. The summed E-state index contributed by atoms with van der Waals surface area (Å²) < 4.78 is 0. The molecule has 0 amide bonds. The second kappa shape index (κ2) is 5.71. The Bertz CT molecular complexity index is 150. The molecule has 1 N–H and O–H groups in total. The van der Waals surface area contributed by atoms with Crippen LogP contribution < -0.4 is 5.43 Å². The molecular formula is C9H16N2. The lowest BCUT2D eigenvalue weighted by Gasteiger charge is -2.07. The summed E-state index contributed by atoms with van der Waals surface area (Å²) >= 11 is 0. The zero-order valence-corrected chi connectivity index (χ0v) is 7.25. The molecule has 0 aromatic heterocycles. The average molecular weight is 152 g/mol. The molecule has 2 heteroatoms. The fourth-order valence-electron chi connectivity index (χ4n) is 0.811. The van der Waals surface area contributed by atoms with Gasteiger partial charge in [0.05, 0.1) is 6.04 Å². The van der Waals surface area contributed by atoms with E-state index in [9.17, 15) is 0 Å². The molecule has 2 nitrogen and oxygen atoms in total. The van der Waals surface area contributed by atoms with Gasteiger partial charge in [-0.15, -0.1) is 13.2 Å². The van der Waals surface area contributed by atoms with E-state index in [-0.39, 0.29) is 6.04 Å². The van der Waals surface area contributed by atoms with Gasteiger partial charge in [0.2, 0.25) is 0 Å². The summed E-state index contributed by atoms with van der Waals surface area (Å²) in [4.78, 5) is 0. The van der Waals surface area contributed by atoms with Gasteiger partial charge in [0.25, 0.3) is 0 Å². The molecule has 0 aromatic carbocycles. The first-order chi connectivity index (χ1) is 5.38. The monoisotopic (exact) mass is 152 g/mol. The van der Waals surface area contributed by atoms with Crippen LogP contribution in [-0.2, 0) is 0 Å². The Hall–Kier alpha value is -1.05. The Labute approximate surface area is 68.7 Å². The summed E-state index contributed by atoms with van der Waals surface area (Å²) in [6.07, 6.45) is 5.52. The number of nitrogens with zero attached hydrogens (tertiary/aromatic N) is 1. The Morgan fingerprint density at radius 3 is 2.36 bits per heavy atom. The summed E-state index contributed by atoms with van der Waals surface area (Å²) in [6, 6.07) is 0.252. The highest BCUT2D eigenvalue weighted by Gasteiger charge is 2.16. The molecule has 2 unspecified atom stereocenters. The van der Waals surface area contributed by atoms with Crippen molar-refractivity contribution in [2.24, 2.45) is 11.0 Å². The second-order valence-corrected chi connectivity index (χ2v) is 1.98. The van der Waals surface area contributed by atoms with E-state index in [2.05, 4.69) is 23.7 Å².